The molecule has 0 spiro atoms. The summed E-state index contributed by atoms with van der Waals surface area (Å²) in [6.07, 6.45) is 3.36. The van der Waals surface area contributed by atoms with Gasteiger partial charge in [-0.15, -0.1) is 0 Å². The van der Waals surface area contributed by atoms with Crippen molar-refractivity contribution in [2.45, 2.75) is 12.8 Å². The Balaban J connectivity index is 1.63. The van der Waals surface area contributed by atoms with Gasteiger partial charge < -0.3 is 14.8 Å². The molecule has 2 aromatic carbocycles. The quantitative estimate of drug-likeness (QED) is 0.750. The SMILES string of the molecule is Cn1cccc(C(=O)Nc2ccc3c(c2)N(C(=O)c2ccccc2)CCC3)c1=O. The van der Waals surface area contributed by atoms with Crippen molar-refractivity contribution in [2.75, 3.05) is 16.8 Å². The van der Waals surface area contributed by atoms with Crippen LogP contribution in [0.3, 0.4) is 0 Å². The fraction of sp³-hybridized carbons (Fsp3) is 0.174. The molecule has 0 atom stereocenters. The van der Waals surface area contributed by atoms with Gasteiger partial charge in [-0.3, -0.25) is 14.4 Å². The first-order chi connectivity index (χ1) is 14.0. The average molecular weight is 387 g/mol. The summed E-state index contributed by atoms with van der Waals surface area (Å²) in [7, 11) is 1.60. The third kappa shape index (κ3) is 3.69. The van der Waals surface area contributed by atoms with Gasteiger partial charge >= 0.3 is 0 Å². The molecule has 4 rings (SSSR count). The molecule has 2 amide bonds. The highest BCUT2D eigenvalue weighted by Gasteiger charge is 2.24. The number of nitrogens with zero attached hydrogens (tertiary/aromatic N) is 2. The maximum Gasteiger partial charge on any atom is 0.263 e. The van der Waals surface area contributed by atoms with Gasteiger partial charge in [0.25, 0.3) is 17.4 Å². The molecule has 0 fully saturated rings. The molecule has 29 heavy (non-hydrogen) atoms. The third-order valence-corrected chi connectivity index (χ3v) is 5.10. The number of hydrogen-bond donors (Lipinski definition) is 1. The molecule has 6 heteroatoms. The summed E-state index contributed by atoms with van der Waals surface area (Å²) in [5.74, 6) is -0.533. The van der Waals surface area contributed by atoms with Gasteiger partial charge in [0, 0.05) is 36.7 Å². The molecule has 146 valence electrons. The summed E-state index contributed by atoms with van der Waals surface area (Å²) < 4.78 is 1.36. The summed E-state index contributed by atoms with van der Waals surface area (Å²) in [6, 6.07) is 17.9. The highest BCUT2D eigenvalue weighted by atomic mass is 16.2. The number of aromatic nitrogens is 1. The van der Waals surface area contributed by atoms with E-state index in [0.29, 0.717) is 17.8 Å². The number of fused-ring (bicyclic) bond motifs is 1. The second kappa shape index (κ2) is 7.75. The molecule has 1 N–H and O–H groups in total. The van der Waals surface area contributed by atoms with Gasteiger partial charge in [-0.25, -0.2) is 0 Å². The number of carbonyl (C=O) groups excluding carboxylic acids is 2. The van der Waals surface area contributed by atoms with Crippen molar-refractivity contribution in [3.05, 3.63) is 93.9 Å². The Morgan fingerprint density at radius 2 is 1.79 bits per heavy atom. The molecule has 1 aliphatic rings. The molecule has 0 unspecified atom stereocenters. The zero-order valence-corrected chi connectivity index (χ0v) is 16.1. The van der Waals surface area contributed by atoms with Gasteiger partial charge in [0.1, 0.15) is 5.56 Å². The van der Waals surface area contributed by atoms with E-state index in [0.717, 1.165) is 24.1 Å². The van der Waals surface area contributed by atoms with Crippen molar-refractivity contribution in [3.63, 3.8) is 0 Å². The van der Waals surface area contributed by atoms with Crippen molar-refractivity contribution >= 4 is 23.2 Å². The fourth-order valence-electron chi connectivity index (χ4n) is 3.57. The number of carbonyl (C=O) groups is 2. The average Bonchev–Trinajstić information content (AvgIpc) is 2.75. The lowest BCUT2D eigenvalue weighted by Crippen LogP contribution is -2.35. The topological polar surface area (TPSA) is 71.4 Å². The molecular weight excluding hydrogens is 366 g/mol. The van der Waals surface area contributed by atoms with Crippen LogP contribution in [0.2, 0.25) is 0 Å². The van der Waals surface area contributed by atoms with Crippen LogP contribution in [-0.4, -0.2) is 22.9 Å². The van der Waals surface area contributed by atoms with Gasteiger partial charge in [-0.1, -0.05) is 24.3 Å². The van der Waals surface area contributed by atoms with Crippen LogP contribution < -0.4 is 15.8 Å². The minimum atomic E-state index is -0.470. The lowest BCUT2D eigenvalue weighted by molar-refractivity contribution is 0.0984. The summed E-state index contributed by atoms with van der Waals surface area (Å²) >= 11 is 0. The van der Waals surface area contributed by atoms with E-state index in [1.165, 1.54) is 10.6 Å². The first-order valence-electron chi connectivity index (χ1n) is 9.51. The van der Waals surface area contributed by atoms with Gasteiger partial charge in [-0.2, -0.15) is 0 Å². The van der Waals surface area contributed by atoms with Crippen LogP contribution in [0, 0.1) is 0 Å². The Morgan fingerprint density at radius 1 is 1.00 bits per heavy atom. The highest BCUT2D eigenvalue weighted by molar-refractivity contribution is 6.08. The van der Waals surface area contributed by atoms with E-state index in [4.69, 9.17) is 0 Å². The lowest BCUT2D eigenvalue weighted by Gasteiger charge is -2.30. The predicted molar refractivity (Wildman–Crippen MR) is 113 cm³/mol. The Kier molecular flexibility index (Phi) is 4.99. The standard InChI is InChI=1S/C23H21N3O3/c1-25-13-6-10-19(23(25)29)21(27)24-18-12-11-16-9-5-14-26(20(16)15-18)22(28)17-7-3-2-4-8-17/h2-4,6-8,10-13,15H,5,9,14H2,1H3,(H,24,27). The smallest absolute Gasteiger partial charge is 0.263 e. The lowest BCUT2D eigenvalue weighted by atomic mass is 10.00. The molecule has 0 bridgehead atoms. The van der Waals surface area contributed by atoms with Crippen LogP contribution in [-0.2, 0) is 13.5 Å². The van der Waals surface area contributed by atoms with Crippen molar-refractivity contribution < 1.29 is 9.59 Å². The fourth-order valence-corrected chi connectivity index (χ4v) is 3.57. The Labute approximate surface area is 168 Å². The molecule has 1 aromatic heterocycles. The van der Waals surface area contributed by atoms with Crippen molar-refractivity contribution in [1.82, 2.24) is 4.57 Å². The molecule has 3 aromatic rings. The number of anilines is 2. The number of benzene rings is 2. The summed E-state index contributed by atoms with van der Waals surface area (Å²) in [5, 5.41) is 2.79. The zero-order chi connectivity index (χ0) is 20.4. The molecular formula is C23H21N3O3. The molecule has 0 saturated heterocycles. The monoisotopic (exact) mass is 387 g/mol. The number of nitrogens with one attached hydrogen (secondary N) is 1. The van der Waals surface area contributed by atoms with E-state index in [-0.39, 0.29) is 17.0 Å². The number of pyridine rings is 1. The maximum absolute atomic E-state index is 13.0. The molecule has 1 aliphatic heterocycles. The van der Waals surface area contributed by atoms with Gasteiger partial charge in [0.05, 0.1) is 0 Å². The van der Waals surface area contributed by atoms with E-state index in [2.05, 4.69) is 5.32 Å². The Bertz CT molecular complexity index is 1140. The largest absolute Gasteiger partial charge is 0.322 e. The number of aryl methyl sites for hydroxylation is 2. The van der Waals surface area contributed by atoms with E-state index in [9.17, 15) is 14.4 Å². The highest BCUT2D eigenvalue weighted by Crippen LogP contribution is 2.31. The van der Waals surface area contributed by atoms with Crippen molar-refractivity contribution in [1.29, 1.82) is 0 Å². The van der Waals surface area contributed by atoms with E-state index < -0.39 is 5.91 Å². The molecule has 6 nitrogen and oxygen atoms in total. The molecule has 0 radical (unpaired) electrons. The van der Waals surface area contributed by atoms with E-state index in [1.807, 2.05) is 24.3 Å². The Hall–Kier alpha value is -3.67. The third-order valence-electron chi connectivity index (χ3n) is 5.10. The van der Waals surface area contributed by atoms with Crippen LogP contribution in [0.15, 0.2) is 71.7 Å². The molecule has 2 heterocycles. The number of rotatable bonds is 3. The van der Waals surface area contributed by atoms with Crippen molar-refractivity contribution in [3.8, 4) is 0 Å². The van der Waals surface area contributed by atoms with Crippen LogP contribution in [0.4, 0.5) is 11.4 Å². The minimum Gasteiger partial charge on any atom is -0.322 e. The normalized spacial score (nSPS) is 12.9. The Morgan fingerprint density at radius 3 is 2.59 bits per heavy atom. The predicted octanol–water partition coefficient (Wildman–Crippen LogP) is 3.23. The van der Waals surface area contributed by atoms with Gasteiger partial charge in [0.15, 0.2) is 0 Å². The van der Waals surface area contributed by atoms with E-state index in [1.54, 1.807) is 48.5 Å². The minimum absolute atomic E-state index is 0.0630. The number of amides is 2. The first kappa shape index (κ1) is 18.7. The first-order valence-corrected chi connectivity index (χ1v) is 9.51. The maximum atomic E-state index is 13.0. The molecule has 0 saturated carbocycles. The molecule has 0 aliphatic carbocycles. The summed E-state index contributed by atoms with van der Waals surface area (Å²) in [6.45, 7) is 0.622. The number of hydrogen-bond acceptors (Lipinski definition) is 3. The van der Waals surface area contributed by atoms with E-state index >= 15 is 0 Å². The second-order valence-corrected chi connectivity index (χ2v) is 7.06. The van der Waals surface area contributed by atoms with Crippen LogP contribution in [0.5, 0.6) is 0 Å². The zero-order valence-electron chi connectivity index (χ0n) is 16.1. The summed E-state index contributed by atoms with van der Waals surface area (Å²) in [4.78, 5) is 39.5. The van der Waals surface area contributed by atoms with Gasteiger partial charge in [0.2, 0.25) is 0 Å². The second-order valence-electron chi connectivity index (χ2n) is 7.06. The van der Waals surface area contributed by atoms with Gasteiger partial charge in [-0.05, 0) is 54.8 Å². The van der Waals surface area contributed by atoms with Crippen molar-refractivity contribution in [2.24, 2.45) is 7.05 Å². The van der Waals surface area contributed by atoms with Crippen LogP contribution in [0.1, 0.15) is 32.7 Å². The van der Waals surface area contributed by atoms with Crippen LogP contribution >= 0.6 is 0 Å². The summed E-state index contributed by atoms with van der Waals surface area (Å²) in [5.41, 5.74) is 2.75. The van der Waals surface area contributed by atoms with Crippen LogP contribution in [0.25, 0.3) is 0 Å².